The van der Waals surface area contributed by atoms with Crippen LogP contribution in [-0.2, 0) is 29.1 Å². The molecule has 0 aliphatic heterocycles. The average molecular weight is 356 g/mol. The normalized spacial score (nSPS) is 8.05. The molecule has 0 aliphatic carbocycles. The maximum Gasteiger partial charge on any atom is 3.00 e. The van der Waals surface area contributed by atoms with E-state index in [2.05, 4.69) is 17.9 Å². The van der Waals surface area contributed by atoms with Crippen LogP contribution < -0.4 is 0 Å². The minimum absolute atomic E-state index is 0. The van der Waals surface area contributed by atoms with Crippen molar-refractivity contribution in [1.29, 1.82) is 0 Å². The van der Waals surface area contributed by atoms with Crippen molar-refractivity contribution in [3.05, 3.63) is 59.4 Å². The number of benzene rings is 2. The average Bonchev–Trinajstić information content (AvgIpc) is 2.32. The molecule has 0 aromatic heterocycles. The second kappa shape index (κ2) is 11.1. The second-order valence-corrected chi connectivity index (χ2v) is 4.01. The number of rotatable bonds is 3. The monoisotopic (exact) mass is 355 g/mol. The summed E-state index contributed by atoms with van der Waals surface area (Å²) in [6.07, 6.45) is 0. The molecule has 5 N–H and O–H groups in total. The van der Waals surface area contributed by atoms with Gasteiger partial charge in [-0.25, -0.2) is 0 Å². The Kier molecular flexibility index (Phi) is 13.0. The molecule has 2 aromatic rings. The van der Waals surface area contributed by atoms with E-state index in [4.69, 9.17) is 5.11 Å². The smallest absolute Gasteiger partial charge is 0.870 e. The van der Waals surface area contributed by atoms with Gasteiger partial charge in [-0.3, -0.25) is 0 Å². The number of nitrogens with zero attached hydrogens (tertiary/aromatic N) is 1. The van der Waals surface area contributed by atoms with Gasteiger partial charge in [-0.15, -0.1) is 5.69 Å². The van der Waals surface area contributed by atoms with Crippen molar-refractivity contribution in [3.63, 3.8) is 0 Å². The van der Waals surface area contributed by atoms with Crippen LogP contribution in [0.1, 0.15) is 10.4 Å². The predicted molar refractivity (Wildman–Crippen MR) is 77.7 cm³/mol. The molecule has 0 fully saturated rings. The topological polar surface area (TPSA) is 144 Å². The third-order valence-electron chi connectivity index (χ3n) is 2.29. The number of hydrogen-bond acceptors (Lipinski definition) is 4. The van der Waals surface area contributed by atoms with Gasteiger partial charge < -0.3 is 26.9 Å². The summed E-state index contributed by atoms with van der Waals surface area (Å²) in [5.74, 6) is -0.726. The molecule has 8 heteroatoms. The zero-order chi connectivity index (χ0) is 12.3. The summed E-state index contributed by atoms with van der Waals surface area (Å²) in [6.45, 7) is 0. The van der Waals surface area contributed by atoms with Gasteiger partial charge in [0.15, 0.2) is 0 Å². The van der Waals surface area contributed by atoms with Gasteiger partial charge >= 0.3 is 22.5 Å². The first kappa shape index (κ1) is 24.5. The summed E-state index contributed by atoms with van der Waals surface area (Å²) >= 11 is 3.44. The first-order valence-corrected chi connectivity index (χ1v) is 5.56. The van der Waals surface area contributed by atoms with E-state index in [1.165, 1.54) is 0 Å². The standard InChI is InChI=1S/C13H10NO2S.Ni.3H2O/c15-13(16)9-5-1-2-6-10(9)14-11-7-3-4-8-12(11)17;;;;/h1-8,17H,(H,15,16);;3*1H2/q-1;+3;;;/p-1. The summed E-state index contributed by atoms with van der Waals surface area (Å²) in [4.78, 5) is 12.0. The largest absolute Gasteiger partial charge is 3.00 e. The Labute approximate surface area is 137 Å². The zero-order valence-corrected chi connectivity index (χ0v) is 12.6. The van der Waals surface area contributed by atoms with Crippen molar-refractivity contribution in [3.8, 4) is 0 Å². The summed E-state index contributed by atoms with van der Waals surface area (Å²) in [7, 11) is 0. The molecule has 0 spiro atoms. The third-order valence-corrected chi connectivity index (χ3v) is 2.72. The molecule has 0 amide bonds. The van der Waals surface area contributed by atoms with E-state index in [1.54, 1.807) is 24.3 Å². The Morgan fingerprint density at radius 1 is 0.905 bits per heavy atom. The maximum absolute atomic E-state index is 11.1. The molecule has 0 bridgehead atoms. The van der Waals surface area contributed by atoms with Crippen LogP contribution in [0, 0.1) is 0 Å². The molecule has 117 valence electrons. The molecule has 6 nitrogen and oxygen atoms in total. The van der Waals surface area contributed by atoms with E-state index in [0.29, 0.717) is 11.3 Å². The van der Waals surface area contributed by atoms with Crippen LogP contribution in [0.5, 0.6) is 0 Å². The molecule has 21 heavy (non-hydrogen) atoms. The summed E-state index contributed by atoms with van der Waals surface area (Å²) < 4.78 is 0. The molecule has 0 atom stereocenters. The van der Waals surface area contributed by atoms with Crippen molar-refractivity contribution < 1.29 is 42.8 Å². The Morgan fingerprint density at radius 2 is 1.38 bits per heavy atom. The van der Waals surface area contributed by atoms with Gasteiger partial charge in [-0.1, -0.05) is 42.1 Å². The molecule has 2 rings (SSSR count). The van der Waals surface area contributed by atoms with Crippen LogP contribution in [-0.4, -0.2) is 27.5 Å². The van der Waals surface area contributed by atoms with Crippen LogP contribution >= 0.6 is 0 Å². The minimum Gasteiger partial charge on any atom is -0.870 e. The van der Waals surface area contributed by atoms with E-state index < -0.39 is 5.97 Å². The predicted octanol–water partition coefficient (Wildman–Crippen LogP) is 1.73. The van der Waals surface area contributed by atoms with Gasteiger partial charge in [0.25, 0.3) is 0 Å². The second-order valence-electron chi connectivity index (χ2n) is 3.48. The van der Waals surface area contributed by atoms with Gasteiger partial charge in [0, 0.05) is 4.79 Å². The zero-order valence-electron chi connectivity index (χ0n) is 10.6. The summed E-state index contributed by atoms with van der Waals surface area (Å²) in [5.41, 5.74) is 1.55. The fraction of sp³-hybridized carbons (Fsp3) is 0. The van der Waals surface area contributed by atoms with Crippen LogP contribution in [0.15, 0.2) is 53.4 Å². The Hall–Kier alpha value is -1.57. The number of para-hydroxylation sites is 2. The number of hydrogen-bond donors (Lipinski definition) is 0. The van der Waals surface area contributed by atoms with E-state index >= 15 is 0 Å². The number of carbonyl (C=O) groups excluding carboxylic acids is 1. The van der Waals surface area contributed by atoms with Gasteiger partial charge in [-0.05, 0) is 24.8 Å². The molecular weight excluding hydrogens is 341 g/mol. The van der Waals surface area contributed by atoms with E-state index in [9.17, 15) is 4.79 Å². The first-order chi connectivity index (χ1) is 8.18. The van der Waals surface area contributed by atoms with Gasteiger partial charge in [0.1, 0.15) is 10.5 Å². The van der Waals surface area contributed by atoms with Crippen molar-refractivity contribution >= 4 is 30.0 Å². The first-order valence-electron chi connectivity index (χ1n) is 5.06. The van der Waals surface area contributed by atoms with Gasteiger partial charge in [0.05, 0.1) is 0 Å². The van der Waals surface area contributed by atoms with Crippen LogP contribution in [0.2, 0.25) is 0 Å². The van der Waals surface area contributed by atoms with Crippen molar-refractivity contribution in [1.82, 2.24) is 0 Å². The quantitative estimate of drug-likeness (QED) is 0.609. The van der Waals surface area contributed by atoms with Crippen molar-refractivity contribution in [2.75, 3.05) is 0 Å². The molecule has 1 radical (unpaired) electrons. The van der Waals surface area contributed by atoms with Crippen LogP contribution in [0.4, 0.5) is 11.4 Å². The van der Waals surface area contributed by atoms with Gasteiger partial charge in [-0.2, -0.15) is 0 Å². The van der Waals surface area contributed by atoms with E-state index in [1.807, 2.05) is 24.3 Å². The molecule has 2 aromatic carbocycles. The summed E-state index contributed by atoms with van der Waals surface area (Å²) in [6, 6.07) is 14.3. The fourth-order valence-corrected chi connectivity index (χ4v) is 1.70. The molecule has 0 heterocycles. The van der Waals surface area contributed by atoms with Gasteiger partial charge in [0.2, 0.25) is 0 Å². The molecular formula is C13H15NNiO5S+. The van der Waals surface area contributed by atoms with Crippen LogP contribution in [0.25, 0.3) is 5.32 Å². The SMILES string of the molecule is O=C([OH2+])c1ccccc1[N-]c1ccccc1[SH2+].[Ni+3].[OH-].[OH-].[OH-]. The molecule has 0 unspecified atom stereocenters. The molecule has 0 saturated carbocycles. The Bertz CT molecular complexity index is 568. The fourth-order valence-electron chi connectivity index (χ4n) is 1.46. The number of carbonyl (C=O) groups is 1. The van der Waals surface area contributed by atoms with E-state index in [0.717, 1.165) is 10.6 Å². The summed E-state index contributed by atoms with van der Waals surface area (Å²) in [5, 5.41) is 11.5. The maximum atomic E-state index is 11.1. The molecule has 0 saturated heterocycles. The molecule has 0 aliphatic rings. The van der Waals surface area contributed by atoms with Crippen LogP contribution in [0.3, 0.4) is 0 Å². The Morgan fingerprint density at radius 3 is 1.90 bits per heavy atom. The van der Waals surface area contributed by atoms with E-state index in [-0.39, 0.29) is 32.9 Å². The third kappa shape index (κ3) is 6.16. The van der Waals surface area contributed by atoms with Crippen molar-refractivity contribution in [2.24, 2.45) is 0 Å². The Balaban J connectivity index is -0.000000810. The van der Waals surface area contributed by atoms with Crippen molar-refractivity contribution in [2.45, 2.75) is 4.90 Å². The minimum atomic E-state index is -0.726.